The Kier molecular flexibility index (Phi) is 13.3. The van der Waals surface area contributed by atoms with Gasteiger partial charge >= 0.3 is 0 Å². The number of nitrogens with one attached hydrogen (secondary N) is 2. The summed E-state index contributed by atoms with van der Waals surface area (Å²) in [6.45, 7) is 7.19. The summed E-state index contributed by atoms with van der Waals surface area (Å²) in [5, 5.41) is 6.73. The summed E-state index contributed by atoms with van der Waals surface area (Å²) in [6, 6.07) is 14.4. The second-order valence-corrected chi connectivity index (χ2v) is 6.69. The molecule has 0 fully saturated rings. The molecule has 0 saturated heterocycles. The molecule has 2 aromatic rings. The van der Waals surface area contributed by atoms with Crippen molar-refractivity contribution in [2.75, 3.05) is 46.9 Å². The summed E-state index contributed by atoms with van der Waals surface area (Å²) in [4.78, 5) is 11.4. The van der Waals surface area contributed by atoms with Gasteiger partial charge in [-0.3, -0.25) is 4.98 Å². The molecule has 0 aliphatic heterocycles. The normalized spacial score (nSPS) is 11.2. The van der Waals surface area contributed by atoms with Crippen LogP contribution in [0.3, 0.4) is 0 Å². The zero-order valence-electron chi connectivity index (χ0n) is 17.7. The zero-order valence-corrected chi connectivity index (χ0v) is 20.1. The van der Waals surface area contributed by atoms with Crippen LogP contribution in [-0.4, -0.2) is 62.8 Å². The van der Waals surface area contributed by atoms with Crippen LogP contribution in [0.2, 0.25) is 0 Å². The molecule has 6 nitrogen and oxygen atoms in total. The smallest absolute Gasteiger partial charge is 0.191 e. The van der Waals surface area contributed by atoms with Crippen LogP contribution in [0, 0.1) is 0 Å². The summed E-state index contributed by atoms with van der Waals surface area (Å²) in [5.41, 5.74) is 3.26. The number of hydrogen-bond acceptors (Lipinski definition) is 4. The van der Waals surface area contributed by atoms with Crippen molar-refractivity contribution in [1.29, 1.82) is 0 Å². The van der Waals surface area contributed by atoms with E-state index in [-0.39, 0.29) is 24.0 Å². The van der Waals surface area contributed by atoms with E-state index in [2.05, 4.69) is 58.8 Å². The first kappa shape index (κ1) is 25.3. The van der Waals surface area contributed by atoms with Crippen molar-refractivity contribution in [2.24, 2.45) is 4.99 Å². The zero-order chi connectivity index (χ0) is 20.0. The van der Waals surface area contributed by atoms with E-state index in [0.29, 0.717) is 6.54 Å². The molecule has 0 amide bonds. The number of aliphatic imine (C=N–C) groups is 1. The van der Waals surface area contributed by atoms with Gasteiger partial charge in [0.1, 0.15) is 0 Å². The fourth-order valence-electron chi connectivity index (χ4n) is 2.83. The predicted octanol–water partition coefficient (Wildman–Crippen LogP) is 3.39. The van der Waals surface area contributed by atoms with Crippen LogP contribution in [0.15, 0.2) is 53.7 Å². The quantitative estimate of drug-likeness (QED) is 0.210. The number of pyridine rings is 1. The number of ether oxygens (including phenoxy) is 1. The minimum absolute atomic E-state index is 0. The molecule has 0 atom stereocenters. The fourth-order valence-corrected chi connectivity index (χ4v) is 2.83. The van der Waals surface area contributed by atoms with Crippen LogP contribution in [0.4, 0.5) is 0 Å². The van der Waals surface area contributed by atoms with Crippen LogP contribution in [-0.2, 0) is 11.3 Å². The van der Waals surface area contributed by atoms with Gasteiger partial charge in [0, 0.05) is 51.7 Å². The number of likely N-dealkylation sites (N-methyl/N-ethyl adjacent to an activating group) is 1. The highest BCUT2D eigenvalue weighted by Gasteiger charge is 2.02. The van der Waals surface area contributed by atoms with Crippen molar-refractivity contribution in [3.05, 3.63) is 54.2 Å². The van der Waals surface area contributed by atoms with Gasteiger partial charge in [-0.2, -0.15) is 0 Å². The number of nitrogens with zero attached hydrogens (tertiary/aromatic N) is 3. The minimum Gasteiger partial charge on any atom is -0.385 e. The molecule has 0 saturated carbocycles. The minimum atomic E-state index is 0. The fraction of sp³-hybridized carbons (Fsp3) is 0.455. The first-order chi connectivity index (χ1) is 13.7. The van der Waals surface area contributed by atoms with Crippen LogP contribution < -0.4 is 10.6 Å². The van der Waals surface area contributed by atoms with Crippen molar-refractivity contribution in [2.45, 2.75) is 19.9 Å². The van der Waals surface area contributed by atoms with E-state index >= 15 is 0 Å². The van der Waals surface area contributed by atoms with Crippen molar-refractivity contribution < 1.29 is 4.74 Å². The number of benzene rings is 1. The lowest BCUT2D eigenvalue weighted by Crippen LogP contribution is -2.41. The Balaban J connectivity index is 0.00000420. The van der Waals surface area contributed by atoms with E-state index in [0.717, 1.165) is 62.0 Å². The number of halogens is 1. The third-order valence-corrected chi connectivity index (χ3v) is 4.33. The SMILES string of the molecule is CCNC(=NCc1cccc(-c2ccccn2)c1)NCCN(C)CCCOC.I. The third-order valence-electron chi connectivity index (χ3n) is 4.33. The van der Waals surface area contributed by atoms with Crippen molar-refractivity contribution >= 4 is 29.9 Å². The van der Waals surface area contributed by atoms with Crippen LogP contribution in [0.25, 0.3) is 11.3 Å². The molecule has 0 aliphatic rings. The summed E-state index contributed by atoms with van der Waals surface area (Å²) < 4.78 is 5.10. The molecule has 7 heteroatoms. The van der Waals surface area contributed by atoms with Gasteiger partial charge in [-0.15, -0.1) is 24.0 Å². The Morgan fingerprint density at radius 3 is 2.72 bits per heavy atom. The Hall–Kier alpha value is -1.71. The molecular weight excluding hydrogens is 477 g/mol. The standard InChI is InChI=1S/C22H33N5O.HI/c1-4-23-22(25-13-15-27(2)14-8-16-28-3)26-18-19-9-7-10-20(17-19)21-11-5-6-12-24-21;/h5-7,9-12,17H,4,8,13-16,18H2,1-3H3,(H2,23,25,26);1H. The highest BCUT2D eigenvalue weighted by molar-refractivity contribution is 14.0. The molecule has 2 N–H and O–H groups in total. The van der Waals surface area contributed by atoms with Gasteiger partial charge in [-0.1, -0.05) is 24.3 Å². The Labute approximate surface area is 192 Å². The van der Waals surface area contributed by atoms with Gasteiger partial charge in [0.05, 0.1) is 12.2 Å². The average molecular weight is 511 g/mol. The maximum atomic E-state index is 5.10. The maximum absolute atomic E-state index is 5.10. The van der Waals surface area contributed by atoms with Gasteiger partial charge in [-0.25, -0.2) is 4.99 Å². The van der Waals surface area contributed by atoms with E-state index in [1.807, 2.05) is 24.4 Å². The molecule has 0 aliphatic carbocycles. The lowest BCUT2D eigenvalue weighted by atomic mass is 10.1. The number of methoxy groups -OCH3 is 1. The van der Waals surface area contributed by atoms with Gasteiger partial charge in [-0.05, 0) is 44.2 Å². The summed E-state index contributed by atoms with van der Waals surface area (Å²) in [6.07, 6.45) is 2.87. The molecule has 1 heterocycles. The predicted molar refractivity (Wildman–Crippen MR) is 132 cm³/mol. The summed E-state index contributed by atoms with van der Waals surface area (Å²) in [7, 11) is 3.87. The Bertz CT molecular complexity index is 711. The monoisotopic (exact) mass is 511 g/mol. The van der Waals surface area contributed by atoms with Crippen LogP contribution in [0.1, 0.15) is 18.9 Å². The summed E-state index contributed by atoms with van der Waals surface area (Å²) in [5.74, 6) is 0.844. The van der Waals surface area contributed by atoms with E-state index in [9.17, 15) is 0 Å². The van der Waals surface area contributed by atoms with Gasteiger partial charge < -0.3 is 20.3 Å². The van der Waals surface area contributed by atoms with Gasteiger partial charge in [0.15, 0.2) is 5.96 Å². The number of rotatable bonds is 11. The van der Waals surface area contributed by atoms with Gasteiger partial charge in [0.2, 0.25) is 0 Å². The molecule has 0 unspecified atom stereocenters. The molecule has 0 radical (unpaired) electrons. The summed E-state index contributed by atoms with van der Waals surface area (Å²) >= 11 is 0. The molecule has 160 valence electrons. The number of hydrogen-bond donors (Lipinski definition) is 2. The third kappa shape index (κ3) is 10.0. The van der Waals surface area contributed by atoms with E-state index in [1.165, 1.54) is 0 Å². The lowest BCUT2D eigenvalue weighted by molar-refractivity contribution is 0.180. The van der Waals surface area contributed by atoms with Gasteiger partial charge in [0.25, 0.3) is 0 Å². The van der Waals surface area contributed by atoms with E-state index in [4.69, 9.17) is 9.73 Å². The molecule has 0 bridgehead atoms. The average Bonchev–Trinajstić information content (AvgIpc) is 2.73. The first-order valence-corrected chi connectivity index (χ1v) is 9.93. The Morgan fingerprint density at radius 2 is 2.00 bits per heavy atom. The highest BCUT2D eigenvalue weighted by Crippen LogP contribution is 2.18. The molecule has 29 heavy (non-hydrogen) atoms. The molecule has 1 aromatic heterocycles. The molecule has 0 spiro atoms. The maximum Gasteiger partial charge on any atom is 0.191 e. The second-order valence-electron chi connectivity index (χ2n) is 6.69. The van der Waals surface area contributed by atoms with Crippen LogP contribution in [0.5, 0.6) is 0 Å². The van der Waals surface area contributed by atoms with Crippen molar-refractivity contribution in [1.82, 2.24) is 20.5 Å². The Morgan fingerprint density at radius 1 is 1.14 bits per heavy atom. The number of guanidine groups is 1. The largest absolute Gasteiger partial charge is 0.385 e. The first-order valence-electron chi connectivity index (χ1n) is 9.93. The van der Waals surface area contributed by atoms with E-state index in [1.54, 1.807) is 7.11 Å². The highest BCUT2D eigenvalue weighted by atomic mass is 127. The van der Waals surface area contributed by atoms with Crippen molar-refractivity contribution in [3.8, 4) is 11.3 Å². The number of aromatic nitrogens is 1. The lowest BCUT2D eigenvalue weighted by Gasteiger charge is -2.18. The molecule has 1 aromatic carbocycles. The molecular formula is C22H34IN5O. The molecule has 2 rings (SSSR count). The van der Waals surface area contributed by atoms with E-state index < -0.39 is 0 Å². The topological polar surface area (TPSA) is 61.8 Å². The van der Waals surface area contributed by atoms with Crippen LogP contribution >= 0.6 is 24.0 Å². The second kappa shape index (κ2) is 15.2. The van der Waals surface area contributed by atoms with Crippen molar-refractivity contribution in [3.63, 3.8) is 0 Å².